The fourth-order valence-corrected chi connectivity index (χ4v) is 4.01. The molecule has 1 heterocycles. The molecular weight excluding hydrogens is 366 g/mol. The molecule has 29 heavy (non-hydrogen) atoms. The van der Waals surface area contributed by atoms with Crippen molar-refractivity contribution < 1.29 is 14.2 Å². The number of nitrogens with zero attached hydrogens (tertiary/aromatic N) is 2. The van der Waals surface area contributed by atoms with E-state index in [0.717, 1.165) is 59.9 Å². The van der Waals surface area contributed by atoms with Crippen molar-refractivity contribution in [3.8, 4) is 17.0 Å². The first-order valence-electron chi connectivity index (χ1n) is 10.5. The van der Waals surface area contributed by atoms with Crippen LogP contribution in [0.5, 0.6) is 5.75 Å². The van der Waals surface area contributed by atoms with Gasteiger partial charge in [-0.05, 0) is 55.4 Å². The van der Waals surface area contributed by atoms with E-state index < -0.39 is 0 Å². The molecule has 1 N–H and O–H groups in total. The standard InChI is InChI=1S/C23H33N3O3/c1-6-19-22(18-11-15-9-8-10-16(15)12-21(18)29-5)25-20(7-2)23(26-19)24-17(13-27-3)14-28-4/h11-12,17H,6-10,13-14H2,1-5H3,(H,24,26). The maximum atomic E-state index is 5.74. The predicted octanol–water partition coefficient (Wildman–Crippen LogP) is 3.84. The number of anilines is 1. The van der Waals surface area contributed by atoms with Gasteiger partial charge in [-0.2, -0.15) is 0 Å². The normalized spacial score (nSPS) is 13.0. The number of fused-ring (bicyclic) bond motifs is 1. The van der Waals surface area contributed by atoms with Gasteiger partial charge in [-0.25, -0.2) is 9.97 Å². The Labute approximate surface area is 174 Å². The Kier molecular flexibility index (Phi) is 7.45. The van der Waals surface area contributed by atoms with Crippen molar-refractivity contribution in [2.75, 3.05) is 39.9 Å². The van der Waals surface area contributed by atoms with Crippen molar-refractivity contribution in [2.24, 2.45) is 0 Å². The topological polar surface area (TPSA) is 65.5 Å². The van der Waals surface area contributed by atoms with Crippen LogP contribution in [0.3, 0.4) is 0 Å². The summed E-state index contributed by atoms with van der Waals surface area (Å²) < 4.78 is 16.4. The lowest BCUT2D eigenvalue weighted by Crippen LogP contribution is -2.31. The summed E-state index contributed by atoms with van der Waals surface area (Å²) in [5.41, 5.74) is 6.68. The number of ether oxygens (including phenoxy) is 3. The van der Waals surface area contributed by atoms with Crippen LogP contribution in [-0.2, 0) is 35.2 Å². The van der Waals surface area contributed by atoms with Crippen molar-refractivity contribution in [1.29, 1.82) is 0 Å². The zero-order chi connectivity index (χ0) is 20.8. The molecule has 0 bridgehead atoms. The molecule has 6 nitrogen and oxygen atoms in total. The van der Waals surface area contributed by atoms with Gasteiger partial charge < -0.3 is 19.5 Å². The molecule has 0 saturated heterocycles. The highest BCUT2D eigenvalue weighted by Gasteiger charge is 2.21. The zero-order valence-electron chi connectivity index (χ0n) is 18.3. The second-order valence-electron chi connectivity index (χ2n) is 7.45. The number of aryl methyl sites for hydroxylation is 4. The Morgan fingerprint density at radius 2 is 1.59 bits per heavy atom. The third-order valence-electron chi connectivity index (χ3n) is 5.46. The van der Waals surface area contributed by atoms with E-state index in [1.54, 1.807) is 21.3 Å². The molecule has 0 radical (unpaired) electrons. The zero-order valence-corrected chi connectivity index (χ0v) is 18.3. The monoisotopic (exact) mass is 399 g/mol. The minimum Gasteiger partial charge on any atom is -0.496 e. The minimum atomic E-state index is 0.0229. The maximum absolute atomic E-state index is 5.74. The highest BCUT2D eigenvalue weighted by molar-refractivity contribution is 5.72. The lowest BCUT2D eigenvalue weighted by Gasteiger charge is -2.21. The van der Waals surface area contributed by atoms with E-state index in [4.69, 9.17) is 24.2 Å². The van der Waals surface area contributed by atoms with Gasteiger partial charge in [-0.15, -0.1) is 0 Å². The smallest absolute Gasteiger partial charge is 0.148 e. The largest absolute Gasteiger partial charge is 0.496 e. The van der Waals surface area contributed by atoms with Crippen LogP contribution in [0.2, 0.25) is 0 Å². The highest BCUT2D eigenvalue weighted by atomic mass is 16.5. The molecule has 158 valence electrons. The van der Waals surface area contributed by atoms with Gasteiger partial charge in [0, 0.05) is 19.8 Å². The molecule has 1 aromatic heterocycles. The SMILES string of the molecule is CCc1nc(-c2cc3c(cc2OC)CCC3)c(CC)nc1NC(COC)COC. The van der Waals surface area contributed by atoms with Crippen molar-refractivity contribution >= 4 is 5.82 Å². The fourth-order valence-electron chi connectivity index (χ4n) is 4.01. The molecule has 0 aliphatic heterocycles. The molecule has 3 rings (SSSR count). The lowest BCUT2D eigenvalue weighted by atomic mass is 10.0. The van der Waals surface area contributed by atoms with Crippen molar-refractivity contribution in [2.45, 2.75) is 52.0 Å². The lowest BCUT2D eigenvalue weighted by molar-refractivity contribution is 0.126. The average molecular weight is 400 g/mol. The number of aromatic nitrogens is 2. The Bertz CT molecular complexity index is 833. The van der Waals surface area contributed by atoms with Gasteiger partial charge >= 0.3 is 0 Å². The molecule has 1 aliphatic rings. The summed E-state index contributed by atoms with van der Waals surface area (Å²) in [5, 5.41) is 3.47. The van der Waals surface area contributed by atoms with Crippen molar-refractivity contribution in [1.82, 2.24) is 9.97 Å². The van der Waals surface area contributed by atoms with Crippen LogP contribution in [0.25, 0.3) is 11.3 Å². The van der Waals surface area contributed by atoms with E-state index in [1.165, 1.54) is 17.5 Å². The summed E-state index contributed by atoms with van der Waals surface area (Å²) in [6, 6.07) is 4.47. The first-order chi connectivity index (χ1) is 14.1. The molecule has 0 spiro atoms. The fraction of sp³-hybridized carbons (Fsp3) is 0.565. The van der Waals surface area contributed by atoms with E-state index in [-0.39, 0.29) is 6.04 Å². The second kappa shape index (κ2) is 10.0. The molecule has 0 fully saturated rings. The number of hydrogen-bond acceptors (Lipinski definition) is 6. The predicted molar refractivity (Wildman–Crippen MR) is 116 cm³/mol. The van der Waals surface area contributed by atoms with Crippen molar-refractivity contribution in [3.05, 3.63) is 34.6 Å². The van der Waals surface area contributed by atoms with Crippen LogP contribution in [-0.4, -0.2) is 50.6 Å². The molecule has 0 unspecified atom stereocenters. The van der Waals surface area contributed by atoms with E-state index in [9.17, 15) is 0 Å². The van der Waals surface area contributed by atoms with Crippen LogP contribution in [0.4, 0.5) is 5.82 Å². The minimum absolute atomic E-state index is 0.0229. The van der Waals surface area contributed by atoms with E-state index in [1.807, 2.05) is 0 Å². The Morgan fingerprint density at radius 1 is 0.931 bits per heavy atom. The first kappa shape index (κ1) is 21.5. The van der Waals surface area contributed by atoms with Gasteiger partial charge in [0.15, 0.2) is 0 Å². The third-order valence-corrected chi connectivity index (χ3v) is 5.46. The Balaban J connectivity index is 2.05. The Morgan fingerprint density at radius 3 is 2.17 bits per heavy atom. The number of rotatable bonds is 10. The van der Waals surface area contributed by atoms with Crippen LogP contribution in [0.1, 0.15) is 42.8 Å². The maximum Gasteiger partial charge on any atom is 0.148 e. The van der Waals surface area contributed by atoms with Gasteiger partial charge in [0.2, 0.25) is 0 Å². The molecular formula is C23H33N3O3. The van der Waals surface area contributed by atoms with Crippen LogP contribution >= 0.6 is 0 Å². The molecule has 1 aliphatic carbocycles. The molecule has 0 atom stereocenters. The van der Waals surface area contributed by atoms with Crippen LogP contribution in [0, 0.1) is 0 Å². The molecule has 6 heteroatoms. The van der Waals surface area contributed by atoms with Crippen LogP contribution < -0.4 is 10.1 Å². The van der Waals surface area contributed by atoms with E-state index >= 15 is 0 Å². The highest BCUT2D eigenvalue weighted by Crippen LogP contribution is 2.37. The third kappa shape index (κ3) is 4.70. The quantitative estimate of drug-likeness (QED) is 0.655. The summed E-state index contributed by atoms with van der Waals surface area (Å²) in [5.74, 6) is 1.70. The van der Waals surface area contributed by atoms with E-state index in [2.05, 4.69) is 31.3 Å². The summed E-state index contributed by atoms with van der Waals surface area (Å²) in [7, 11) is 5.12. The number of nitrogens with one attached hydrogen (secondary N) is 1. The molecule has 1 aromatic carbocycles. The van der Waals surface area contributed by atoms with Crippen molar-refractivity contribution in [3.63, 3.8) is 0 Å². The summed E-state index contributed by atoms with van der Waals surface area (Å²) in [6.07, 6.45) is 5.03. The summed E-state index contributed by atoms with van der Waals surface area (Å²) in [4.78, 5) is 10.0. The number of benzene rings is 1. The first-order valence-corrected chi connectivity index (χ1v) is 10.5. The van der Waals surface area contributed by atoms with Gasteiger partial charge in [-0.3, -0.25) is 0 Å². The van der Waals surface area contributed by atoms with Gasteiger partial charge in [-0.1, -0.05) is 13.8 Å². The van der Waals surface area contributed by atoms with Gasteiger partial charge in [0.1, 0.15) is 11.6 Å². The van der Waals surface area contributed by atoms with Gasteiger partial charge in [0.05, 0.1) is 43.4 Å². The number of methoxy groups -OCH3 is 3. The molecule has 0 amide bonds. The Hall–Kier alpha value is -2.18. The summed E-state index contributed by atoms with van der Waals surface area (Å²) >= 11 is 0. The van der Waals surface area contributed by atoms with Crippen LogP contribution in [0.15, 0.2) is 12.1 Å². The van der Waals surface area contributed by atoms with Gasteiger partial charge in [0.25, 0.3) is 0 Å². The van der Waals surface area contributed by atoms with E-state index in [0.29, 0.717) is 13.2 Å². The second-order valence-corrected chi connectivity index (χ2v) is 7.45. The molecule has 2 aromatic rings. The molecule has 0 saturated carbocycles. The average Bonchev–Trinajstić information content (AvgIpc) is 3.20. The number of hydrogen-bond donors (Lipinski definition) is 1. The summed E-state index contributed by atoms with van der Waals surface area (Å²) in [6.45, 7) is 5.30.